The van der Waals surface area contributed by atoms with Gasteiger partial charge in [0.15, 0.2) is 9.84 Å². The molecule has 0 unspecified atom stereocenters. The Kier molecular flexibility index (Phi) is 4.60. The van der Waals surface area contributed by atoms with Gasteiger partial charge in [-0.2, -0.15) is 0 Å². The second-order valence-corrected chi connectivity index (χ2v) is 10.6. The fourth-order valence-corrected chi connectivity index (χ4v) is 5.54. The Balaban J connectivity index is 1.91. The number of sulfone groups is 1. The lowest BCUT2D eigenvalue weighted by molar-refractivity contribution is 0.00578. The maximum absolute atomic E-state index is 13.2. The third-order valence-electron chi connectivity index (χ3n) is 5.86. The van der Waals surface area contributed by atoms with Gasteiger partial charge >= 0.3 is 7.12 Å². The second kappa shape index (κ2) is 6.08. The van der Waals surface area contributed by atoms with Crippen molar-refractivity contribution in [3.8, 4) is 0 Å². The normalized spacial score (nSPS) is 29.3. The summed E-state index contributed by atoms with van der Waals surface area (Å²) in [4.78, 5) is 2.42. The predicted octanol–water partition coefficient (Wildman–Crippen LogP) is 2.55. The van der Waals surface area contributed by atoms with Gasteiger partial charge in [-0.1, -0.05) is 17.7 Å². The Morgan fingerprint density at radius 2 is 1.56 bits per heavy atom. The van der Waals surface area contributed by atoms with Crippen LogP contribution in [0.5, 0.6) is 0 Å². The van der Waals surface area contributed by atoms with Gasteiger partial charge in [-0.15, -0.1) is 0 Å². The first-order chi connectivity index (χ1) is 11.4. The predicted molar refractivity (Wildman–Crippen MR) is 99.5 cm³/mol. The smallest absolute Gasteiger partial charge is 0.403 e. The minimum absolute atomic E-state index is 0.211. The summed E-state index contributed by atoms with van der Waals surface area (Å²) in [5.41, 5.74) is 0.124. The molecule has 2 saturated heterocycles. The van der Waals surface area contributed by atoms with Crippen molar-refractivity contribution in [3.63, 3.8) is 0 Å². The molecule has 2 fully saturated rings. The van der Waals surface area contributed by atoms with Crippen molar-refractivity contribution >= 4 is 17.0 Å². The molecule has 0 radical (unpaired) electrons. The molecule has 2 atom stereocenters. The van der Waals surface area contributed by atoms with Gasteiger partial charge in [0.05, 0.1) is 21.3 Å². The number of aryl methyl sites for hydroxylation is 1. The Hall–Kier alpha value is -0.885. The zero-order valence-corrected chi connectivity index (χ0v) is 16.8. The van der Waals surface area contributed by atoms with E-state index < -0.39 is 33.4 Å². The molecule has 1 aromatic rings. The number of benzene rings is 1. The van der Waals surface area contributed by atoms with Crippen molar-refractivity contribution in [2.24, 2.45) is 0 Å². The summed E-state index contributed by atoms with van der Waals surface area (Å²) in [5.74, 6) is -0.211. The van der Waals surface area contributed by atoms with E-state index in [-0.39, 0.29) is 5.82 Å². The molecular weight excluding hydrogens is 337 g/mol. The summed E-state index contributed by atoms with van der Waals surface area (Å²) in [5, 5.41) is -0.532. The van der Waals surface area contributed by atoms with Crippen molar-refractivity contribution in [2.45, 2.75) is 61.8 Å². The van der Waals surface area contributed by atoms with E-state index in [4.69, 9.17) is 9.31 Å². The molecule has 0 amide bonds. The van der Waals surface area contributed by atoms with E-state index in [1.807, 2.05) is 58.7 Å². The second-order valence-electron chi connectivity index (χ2n) is 8.41. The van der Waals surface area contributed by atoms with E-state index >= 15 is 0 Å². The first kappa shape index (κ1) is 18.9. The maximum Gasteiger partial charge on any atom is 0.463 e. The molecule has 138 valence electrons. The Morgan fingerprint density at radius 1 is 1.04 bits per heavy atom. The van der Waals surface area contributed by atoms with E-state index in [1.165, 1.54) is 0 Å². The molecule has 0 aliphatic carbocycles. The number of hydrogen-bond acceptors (Lipinski definition) is 5. The van der Waals surface area contributed by atoms with Crippen LogP contribution in [0.2, 0.25) is 5.82 Å². The number of rotatable bonds is 3. The highest BCUT2D eigenvalue weighted by Gasteiger charge is 2.58. The average molecular weight is 365 g/mol. The highest BCUT2D eigenvalue weighted by atomic mass is 32.2. The van der Waals surface area contributed by atoms with Crippen molar-refractivity contribution < 1.29 is 17.7 Å². The van der Waals surface area contributed by atoms with E-state index in [2.05, 4.69) is 0 Å². The van der Waals surface area contributed by atoms with Crippen molar-refractivity contribution in [1.82, 2.24) is 4.90 Å². The Morgan fingerprint density at radius 3 is 2.08 bits per heavy atom. The molecule has 0 spiro atoms. The maximum atomic E-state index is 13.2. The van der Waals surface area contributed by atoms with Crippen LogP contribution in [0.15, 0.2) is 29.2 Å². The molecule has 2 heterocycles. The lowest BCUT2D eigenvalue weighted by Crippen LogP contribution is -2.41. The average Bonchev–Trinajstić information content (AvgIpc) is 2.98. The van der Waals surface area contributed by atoms with Crippen LogP contribution in [0.3, 0.4) is 0 Å². The van der Waals surface area contributed by atoms with Gasteiger partial charge in [0.25, 0.3) is 0 Å². The molecule has 1 aromatic carbocycles. The van der Waals surface area contributed by atoms with Gasteiger partial charge in [0.1, 0.15) is 0 Å². The van der Waals surface area contributed by atoms with Gasteiger partial charge in [-0.3, -0.25) is 0 Å². The molecule has 5 nitrogen and oxygen atoms in total. The van der Waals surface area contributed by atoms with Crippen molar-refractivity contribution in [3.05, 3.63) is 29.8 Å². The van der Waals surface area contributed by atoms with E-state index in [0.717, 1.165) is 5.56 Å². The van der Waals surface area contributed by atoms with Crippen LogP contribution in [0.4, 0.5) is 0 Å². The highest BCUT2D eigenvalue weighted by molar-refractivity contribution is 7.92. The SMILES string of the molecule is Cc1ccc(S(=O)(=O)[C@H]2CN(C)C[C@@H]2B2OC(C)(C)C(C)(C)O2)cc1. The van der Waals surface area contributed by atoms with Gasteiger partial charge in [-0.05, 0) is 53.8 Å². The number of likely N-dealkylation sites (tertiary alicyclic amines) is 1. The summed E-state index contributed by atoms with van der Waals surface area (Å²) in [6.07, 6.45) is 0. The van der Waals surface area contributed by atoms with E-state index in [1.54, 1.807) is 12.1 Å². The third-order valence-corrected chi connectivity index (χ3v) is 8.09. The van der Waals surface area contributed by atoms with Crippen LogP contribution in [0.1, 0.15) is 33.3 Å². The molecule has 7 heteroatoms. The first-order valence-corrected chi connectivity index (χ1v) is 10.3. The fourth-order valence-electron chi connectivity index (χ4n) is 3.55. The summed E-state index contributed by atoms with van der Waals surface area (Å²) in [6.45, 7) is 11.1. The lowest BCUT2D eigenvalue weighted by atomic mass is 9.71. The minimum atomic E-state index is -3.45. The number of nitrogens with zero attached hydrogens (tertiary/aromatic N) is 1. The van der Waals surface area contributed by atoms with Crippen molar-refractivity contribution in [2.75, 3.05) is 20.1 Å². The Labute approximate surface area is 151 Å². The van der Waals surface area contributed by atoms with Crippen LogP contribution < -0.4 is 0 Å². The van der Waals surface area contributed by atoms with Crippen LogP contribution in [-0.4, -0.2) is 57.0 Å². The largest absolute Gasteiger partial charge is 0.463 e. The third kappa shape index (κ3) is 3.27. The topological polar surface area (TPSA) is 55.8 Å². The molecule has 3 rings (SSSR count). The van der Waals surface area contributed by atoms with Crippen molar-refractivity contribution in [1.29, 1.82) is 0 Å². The summed E-state index contributed by atoms with van der Waals surface area (Å²) < 4.78 is 38.8. The fraction of sp³-hybridized carbons (Fsp3) is 0.667. The van der Waals surface area contributed by atoms with Crippen LogP contribution >= 0.6 is 0 Å². The van der Waals surface area contributed by atoms with E-state index in [9.17, 15) is 8.42 Å². The first-order valence-electron chi connectivity index (χ1n) is 8.79. The summed E-state index contributed by atoms with van der Waals surface area (Å²) in [6, 6.07) is 7.08. The Bertz CT molecular complexity index is 729. The molecule has 0 saturated carbocycles. The van der Waals surface area contributed by atoms with Gasteiger partial charge in [-0.25, -0.2) is 8.42 Å². The zero-order chi connectivity index (χ0) is 18.6. The monoisotopic (exact) mass is 365 g/mol. The molecule has 2 aliphatic rings. The molecule has 0 bridgehead atoms. The molecule has 0 N–H and O–H groups in total. The van der Waals surface area contributed by atoms with Crippen LogP contribution in [-0.2, 0) is 19.1 Å². The van der Waals surface area contributed by atoms with Gasteiger partial charge < -0.3 is 14.2 Å². The number of hydrogen-bond donors (Lipinski definition) is 0. The lowest BCUT2D eigenvalue weighted by Gasteiger charge is -2.32. The van der Waals surface area contributed by atoms with Gasteiger partial charge in [0, 0.05) is 18.9 Å². The van der Waals surface area contributed by atoms with Crippen LogP contribution in [0.25, 0.3) is 0 Å². The highest BCUT2D eigenvalue weighted by Crippen LogP contribution is 2.44. The summed E-state index contributed by atoms with van der Waals surface area (Å²) in [7, 11) is -2.02. The quantitative estimate of drug-likeness (QED) is 0.771. The summed E-state index contributed by atoms with van der Waals surface area (Å²) >= 11 is 0. The standard InChI is InChI=1S/C18H28BNO4S/c1-13-7-9-14(10-8-13)25(21,22)16-12-20(6)11-15(16)19-23-17(2,3)18(4,5)24-19/h7-10,15-16H,11-12H2,1-6H3/t15-,16-/m0/s1. The molecular formula is C18H28BNO4S. The van der Waals surface area contributed by atoms with Crippen LogP contribution in [0, 0.1) is 6.92 Å². The minimum Gasteiger partial charge on any atom is -0.403 e. The molecule has 0 aromatic heterocycles. The van der Waals surface area contributed by atoms with E-state index in [0.29, 0.717) is 18.0 Å². The van der Waals surface area contributed by atoms with Gasteiger partial charge in [0.2, 0.25) is 0 Å². The zero-order valence-electron chi connectivity index (χ0n) is 15.9. The molecule has 2 aliphatic heterocycles. The molecule has 25 heavy (non-hydrogen) atoms.